The number of anilines is 1. The molecule has 0 saturated carbocycles. The molecule has 0 saturated heterocycles. The van der Waals surface area contributed by atoms with E-state index in [4.69, 9.17) is 14.0 Å². The third-order valence-electron chi connectivity index (χ3n) is 9.29. The van der Waals surface area contributed by atoms with E-state index in [0.29, 0.717) is 22.7 Å². The minimum absolute atomic E-state index is 0.00956. The second-order valence-corrected chi connectivity index (χ2v) is 16.9. The molecule has 3 amide bonds. The van der Waals surface area contributed by atoms with Crippen LogP contribution in [0.1, 0.15) is 50.3 Å². The Hall–Kier alpha value is -5.58. The van der Waals surface area contributed by atoms with Crippen molar-refractivity contribution in [2.24, 2.45) is 0 Å². The monoisotopic (exact) mass is 765 g/mol. The summed E-state index contributed by atoms with van der Waals surface area (Å²) in [4.78, 5) is 69.8. The molecule has 2 heterocycles. The lowest BCUT2D eigenvalue weighted by atomic mass is 10.0. The largest absolute Gasteiger partial charge is 0.460 e. The van der Waals surface area contributed by atoms with E-state index in [-0.39, 0.29) is 19.4 Å². The summed E-state index contributed by atoms with van der Waals surface area (Å²) in [5.74, 6) is -2.67. The summed E-state index contributed by atoms with van der Waals surface area (Å²) in [6.07, 6.45) is -0.473. The highest BCUT2D eigenvalue weighted by Gasteiger charge is 2.45. The number of Topliss-reactive ketones (excluding diaryl/α,β-unsaturated/α-hetero) is 1. The molecule has 2 aliphatic rings. The third-order valence-corrected chi connectivity index (χ3v) is 11.7. The lowest BCUT2D eigenvalue weighted by Crippen LogP contribution is -2.57. The first-order valence-corrected chi connectivity index (χ1v) is 19.8. The molecular formula is C42H44N3O9P. The number of esters is 1. The van der Waals surface area contributed by atoms with E-state index in [1.54, 1.807) is 81.4 Å². The minimum atomic E-state index is -3.79. The molecule has 0 bridgehead atoms. The molecule has 0 radical (unpaired) electrons. The SMILES string of the molecule is CC(C)(C)OC(=O)CC(NC(=O)C1Cc2cccc3c2N1C(=O)C(NC(=O)OCc1ccccc1)CC3)C(=O)COP(=O)(c1ccccc1)c1ccccc1. The number of hydrogen-bond donors (Lipinski definition) is 2. The van der Waals surface area contributed by atoms with Crippen LogP contribution in [-0.4, -0.2) is 60.0 Å². The number of aryl methyl sites for hydroxylation is 1. The molecule has 12 nitrogen and oxygen atoms in total. The summed E-state index contributed by atoms with van der Waals surface area (Å²) in [6, 6.07) is 28.1. The maximum Gasteiger partial charge on any atom is 0.408 e. The Morgan fingerprint density at radius 3 is 2.05 bits per heavy atom. The number of nitrogens with one attached hydrogen (secondary N) is 2. The fourth-order valence-electron chi connectivity index (χ4n) is 6.75. The van der Waals surface area contributed by atoms with Gasteiger partial charge in [0.15, 0.2) is 5.78 Å². The first-order chi connectivity index (χ1) is 26.3. The van der Waals surface area contributed by atoms with Crippen molar-refractivity contribution in [1.82, 2.24) is 10.6 Å². The number of benzene rings is 4. The molecule has 2 N–H and O–H groups in total. The number of hydrogen-bond acceptors (Lipinski definition) is 9. The second kappa shape index (κ2) is 16.8. The van der Waals surface area contributed by atoms with E-state index in [1.165, 1.54) is 4.90 Å². The number of rotatable bonds is 13. The van der Waals surface area contributed by atoms with Crippen LogP contribution >= 0.6 is 7.37 Å². The van der Waals surface area contributed by atoms with Crippen molar-refractivity contribution in [3.05, 3.63) is 126 Å². The zero-order chi connectivity index (χ0) is 39.2. The highest BCUT2D eigenvalue weighted by Crippen LogP contribution is 2.44. The van der Waals surface area contributed by atoms with Gasteiger partial charge in [-0.25, -0.2) is 4.79 Å². The van der Waals surface area contributed by atoms with E-state index < -0.39 is 73.8 Å². The van der Waals surface area contributed by atoms with Gasteiger partial charge in [-0.05, 0) is 74.6 Å². The fourth-order valence-corrected chi connectivity index (χ4v) is 8.78. The van der Waals surface area contributed by atoms with Crippen LogP contribution in [0, 0.1) is 0 Å². The third kappa shape index (κ3) is 9.39. The molecule has 3 atom stereocenters. The summed E-state index contributed by atoms with van der Waals surface area (Å²) in [5.41, 5.74) is 2.06. The zero-order valence-corrected chi connectivity index (χ0v) is 31.8. The molecule has 4 aromatic rings. The Morgan fingerprint density at radius 2 is 1.44 bits per heavy atom. The molecule has 286 valence electrons. The number of ketones is 1. The normalized spacial score (nSPS) is 17.0. The Bertz CT molecular complexity index is 2040. The predicted octanol–water partition coefficient (Wildman–Crippen LogP) is 4.92. The number of carbonyl (C=O) groups excluding carboxylic acids is 5. The topological polar surface area (TPSA) is 157 Å². The first kappa shape index (κ1) is 39.1. The van der Waals surface area contributed by atoms with Gasteiger partial charge in [-0.3, -0.25) is 28.6 Å². The molecule has 13 heteroatoms. The van der Waals surface area contributed by atoms with Gasteiger partial charge in [0.05, 0.1) is 12.1 Å². The lowest BCUT2D eigenvalue weighted by molar-refractivity contribution is -0.156. The first-order valence-electron chi connectivity index (χ1n) is 18.1. The molecular weight excluding hydrogens is 721 g/mol. The number of carbonyl (C=O) groups is 5. The van der Waals surface area contributed by atoms with Crippen molar-refractivity contribution in [2.45, 2.75) is 76.8 Å². The Labute approximate surface area is 320 Å². The number of para-hydroxylation sites is 1. The van der Waals surface area contributed by atoms with Gasteiger partial charge < -0.3 is 24.6 Å². The predicted molar refractivity (Wildman–Crippen MR) is 206 cm³/mol. The van der Waals surface area contributed by atoms with Crippen molar-refractivity contribution in [1.29, 1.82) is 0 Å². The van der Waals surface area contributed by atoms with Crippen molar-refractivity contribution < 1.29 is 42.5 Å². The summed E-state index contributed by atoms with van der Waals surface area (Å²) in [5, 5.41) is 6.12. The highest BCUT2D eigenvalue weighted by molar-refractivity contribution is 7.74. The molecule has 2 aliphatic heterocycles. The Balaban J connectivity index is 1.22. The van der Waals surface area contributed by atoms with E-state index >= 15 is 0 Å². The van der Waals surface area contributed by atoms with Crippen LogP contribution in [0.4, 0.5) is 10.5 Å². The van der Waals surface area contributed by atoms with Gasteiger partial charge in [-0.1, -0.05) is 84.9 Å². The van der Waals surface area contributed by atoms with Crippen LogP contribution in [-0.2, 0) is 57.2 Å². The second-order valence-electron chi connectivity index (χ2n) is 14.5. The van der Waals surface area contributed by atoms with Gasteiger partial charge >= 0.3 is 12.1 Å². The quantitative estimate of drug-likeness (QED) is 0.143. The van der Waals surface area contributed by atoms with Crippen LogP contribution in [0.25, 0.3) is 0 Å². The molecule has 4 aromatic carbocycles. The molecule has 6 rings (SSSR count). The molecule has 3 unspecified atom stereocenters. The maximum absolute atomic E-state index is 14.5. The van der Waals surface area contributed by atoms with Crippen molar-refractivity contribution in [2.75, 3.05) is 11.5 Å². The van der Waals surface area contributed by atoms with Crippen LogP contribution in [0.2, 0.25) is 0 Å². The molecule has 0 aliphatic carbocycles. The zero-order valence-electron chi connectivity index (χ0n) is 30.9. The van der Waals surface area contributed by atoms with Crippen molar-refractivity contribution in [3.63, 3.8) is 0 Å². The summed E-state index contributed by atoms with van der Waals surface area (Å²) in [7, 11) is -3.79. The smallest absolute Gasteiger partial charge is 0.408 e. The van der Waals surface area contributed by atoms with Gasteiger partial charge in [-0.15, -0.1) is 0 Å². The molecule has 0 spiro atoms. The van der Waals surface area contributed by atoms with Gasteiger partial charge in [0.25, 0.3) is 7.37 Å². The van der Waals surface area contributed by atoms with Crippen LogP contribution in [0.15, 0.2) is 109 Å². The van der Waals surface area contributed by atoms with Gasteiger partial charge in [0.2, 0.25) is 11.8 Å². The average molecular weight is 766 g/mol. The van der Waals surface area contributed by atoms with Gasteiger partial charge in [-0.2, -0.15) is 0 Å². The molecule has 55 heavy (non-hydrogen) atoms. The summed E-state index contributed by atoms with van der Waals surface area (Å²) in [6.45, 7) is 4.35. The van der Waals surface area contributed by atoms with Crippen LogP contribution in [0.5, 0.6) is 0 Å². The van der Waals surface area contributed by atoms with Gasteiger partial charge in [0.1, 0.15) is 36.9 Å². The highest BCUT2D eigenvalue weighted by atomic mass is 31.2. The summed E-state index contributed by atoms with van der Waals surface area (Å²) >= 11 is 0. The van der Waals surface area contributed by atoms with E-state index in [2.05, 4.69) is 10.6 Å². The van der Waals surface area contributed by atoms with E-state index in [0.717, 1.165) is 16.7 Å². The van der Waals surface area contributed by atoms with Gasteiger partial charge in [0, 0.05) is 17.0 Å². The standard InChI is InChI=1S/C42H44N3O9P/c1-42(2,3)54-37(47)25-34(36(46)27-53-55(51,31-18-9-5-10-19-31)32-20-11-6-12-21-32)43-39(48)35-24-30-17-13-16-29-22-23-33(40(49)45(35)38(29)30)44-41(50)52-26-28-14-7-4-8-15-28/h4-21,33-35H,22-27H2,1-3H3,(H,43,48)(H,44,50). The Morgan fingerprint density at radius 1 is 0.836 bits per heavy atom. The fraction of sp³-hybridized carbons (Fsp3) is 0.310. The number of nitrogens with zero attached hydrogens (tertiary/aromatic N) is 1. The van der Waals surface area contributed by atoms with Crippen molar-refractivity contribution in [3.8, 4) is 0 Å². The number of amides is 3. The van der Waals surface area contributed by atoms with E-state index in [1.807, 2.05) is 48.5 Å². The van der Waals surface area contributed by atoms with Crippen LogP contribution in [0.3, 0.4) is 0 Å². The van der Waals surface area contributed by atoms with Crippen LogP contribution < -0.4 is 26.1 Å². The molecule has 0 fully saturated rings. The number of ether oxygens (including phenoxy) is 2. The molecule has 0 aromatic heterocycles. The average Bonchev–Trinajstić information content (AvgIpc) is 3.52. The minimum Gasteiger partial charge on any atom is -0.460 e. The Kier molecular flexibility index (Phi) is 12.0. The maximum atomic E-state index is 14.5. The summed E-state index contributed by atoms with van der Waals surface area (Å²) < 4.78 is 31.4. The number of alkyl carbamates (subject to hydrolysis) is 1. The van der Waals surface area contributed by atoms with E-state index in [9.17, 15) is 28.5 Å². The lowest BCUT2D eigenvalue weighted by Gasteiger charge is -2.29. The van der Waals surface area contributed by atoms with Crippen molar-refractivity contribution >= 4 is 53.3 Å².